The summed E-state index contributed by atoms with van der Waals surface area (Å²) in [6, 6.07) is 10.7. The van der Waals surface area contributed by atoms with Crippen LogP contribution >= 0.6 is 0 Å². The maximum atomic E-state index is 12.8. The van der Waals surface area contributed by atoms with Crippen LogP contribution < -0.4 is 15.5 Å². The quantitative estimate of drug-likeness (QED) is 0.435. The van der Waals surface area contributed by atoms with Gasteiger partial charge in [-0.05, 0) is 55.8 Å². The van der Waals surface area contributed by atoms with Crippen molar-refractivity contribution >= 4 is 23.5 Å². The molecule has 0 bridgehead atoms. The van der Waals surface area contributed by atoms with E-state index in [-0.39, 0.29) is 11.3 Å². The van der Waals surface area contributed by atoms with Gasteiger partial charge in [0.25, 0.3) is 17.5 Å². The normalized spacial score (nSPS) is 18.3. The molecule has 0 aromatic heterocycles. The molecule has 0 radical (unpaired) electrons. The summed E-state index contributed by atoms with van der Waals surface area (Å²) in [5, 5.41) is 13.9. The molecule has 10 nitrogen and oxygen atoms in total. The SMILES string of the molecule is CCOc1ccc(C(=O)NN2C(=O)N[C@](C)(c3ccc([N+](=O)[O-])cc3)C2=O)cc1. The smallest absolute Gasteiger partial charge is 0.344 e. The Morgan fingerprint density at radius 3 is 2.34 bits per heavy atom. The third-order valence-electron chi connectivity index (χ3n) is 4.49. The van der Waals surface area contributed by atoms with Crippen LogP contribution in [-0.4, -0.2) is 34.4 Å². The molecule has 1 aliphatic rings. The average molecular weight is 398 g/mol. The van der Waals surface area contributed by atoms with Gasteiger partial charge in [-0.2, -0.15) is 5.01 Å². The first-order valence-corrected chi connectivity index (χ1v) is 8.71. The molecule has 2 aromatic carbocycles. The van der Waals surface area contributed by atoms with Crippen molar-refractivity contribution in [3.63, 3.8) is 0 Å². The molecule has 29 heavy (non-hydrogen) atoms. The Morgan fingerprint density at radius 2 is 1.79 bits per heavy atom. The van der Waals surface area contributed by atoms with E-state index in [1.54, 1.807) is 12.1 Å². The van der Waals surface area contributed by atoms with Crippen molar-refractivity contribution in [3.8, 4) is 5.75 Å². The van der Waals surface area contributed by atoms with Crippen LogP contribution in [0.3, 0.4) is 0 Å². The molecular formula is C19H18N4O6. The van der Waals surface area contributed by atoms with Gasteiger partial charge in [0, 0.05) is 17.7 Å². The predicted octanol–water partition coefficient (Wildman–Crippen LogP) is 2.11. The number of nitro benzene ring substituents is 1. The van der Waals surface area contributed by atoms with E-state index >= 15 is 0 Å². The van der Waals surface area contributed by atoms with Crippen molar-refractivity contribution in [3.05, 3.63) is 69.8 Å². The number of non-ortho nitro benzene ring substituents is 1. The summed E-state index contributed by atoms with van der Waals surface area (Å²) >= 11 is 0. The van der Waals surface area contributed by atoms with E-state index in [1.165, 1.54) is 43.3 Å². The number of nitro groups is 1. The molecule has 2 aromatic rings. The van der Waals surface area contributed by atoms with Gasteiger partial charge < -0.3 is 10.1 Å². The molecule has 4 amide bonds. The molecule has 1 atom stereocenters. The van der Waals surface area contributed by atoms with Gasteiger partial charge in [0.2, 0.25) is 0 Å². The highest BCUT2D eigenvalue weighted by atomic mass is 16.6. The highest BCUT2D eigenvalue weighted by molar-refractivity contribution is 6.09. The van der Waals surface area contributed by atoms with Crippen LogP contribution in [0.2, 0.25) is 0 Å². The number of carbonyl (C=O) groups is 3. The van der Waals surface area contributed by atoms with Crippen molar-refractivity contribution in [1.29, 1.82) is 0 Å². The van der Waals surface area contributed by atoms with Gasteiger partial charge in [0.05, 0.1) is 11.5 Å². The van der Waals surface area contributed by atoms with Gasteiger partial charge in [0.1, 0.15) is 11.3 Å². The molecule has 0 unspecified atom stereocenters. The number of benzene rings is 2. The van der Waals surface area contributed by atoms with Crippen molar-refractivity contribution < 1.29 is 24.0 Å². The lowest BCUT2D eigenvalue weighted by atomic mass is 9.92. The zero-order valence-electron chi connectivity index (χ0n) is 15.7. The van der Waals surface area contributed by atoms with E-state index in [0.29, 0.717) is 22.9 Å². The average Bonchev–Trinajstić information content (AvgIpc) is 2.93. The number of hydrazine groups is 1. The van der Waals surface area contributed by atoms with Gasteiger partial charge >= 0.3 is 6.03 Å². The van der Waals surface area contributed by atoms with Gasteiger partial charge in [0.15, 0.2) is 0 Å². The first kappa shape index (κ1) is 19.8. The van der Waals surface area contributed by atoms with Gasteiger partial charge in [-0.15, -0.1) is 0 Å². The van der Waals surface area contributed by atoms with E-state index in [9.17, 15) is 24.5 Å². The second-order valence-corrected chi connectivity index (χ2v) is 6.40. The lowest BCUT2D eigenvalue weighted by Gasteiger charge is -2.22. The second-order valence-electron chi connectivity index (χ2n) is 6.40. The Labute approximate surface area is 165 Å². The summed E-state index contributed by atoms with van der Waals surface area (Å²) < 4.78 is 5.31. The first-order chi connectivity index (χ1) is 13.8. The van der Waals surface area contributed by atoms with E-state index in [4.69, 9.17) is 4.74 Å². The summed E-state index contributed by atoms with van der Waals surface area (Å²) in [5.41, 5.74) is 1.25. The molecule has 1 fully saturated rings. The third-order valence-corrected chi connectivity index (χ3v) is 4.49. The van der Waals surface area contributed by atoms with Crippen LogP contribution in [0.15, 0.2) is 48.5 Å². The topological polar surface area (TPSA) is 131 Å². The highest BCUT2D eigenvalue weighted by Gasteiger charge is 2.50. The fraction of sp³-hybridized carbons (Fsp3) is 0.211. The number of hydrogen-bond donors (Lipinski definition) is 2. The molecule has 10 heteroatoms. The Morgan fingerprint density at radius 1 is 1.17 bits per heavy atom. The minimum atomic E-state index is -1.47. The zero-order chi connectivity index (χ0) is 21.2. The molecule has 150 valence electrons. The minimum Gasteiger partial charge on any atom is -0.494 e. The Bertz CT molecular complexity index is 973. The molecule has 3 rings (SSSR count). The zero-order valence-corrected chi connectivity index (χ0v) is 15.7. The lowest BCUT2D eigenvalue weighted by Crippen LogP contribution is -2.47. The first-order valence-electron chi connectivity index (χ1n) is 8.71. The number of hydrogen-bond acceptors (Lipinski definition) is 6. The van der Waals surface area contributed by atoms with Gasteiger partial charge in [-0.3, -0.25) is 25.1 Å². The Hall–Kier alpha value is -3.95. The molecule has 1 heterocycles. The summed E-state index contributed by atoms with van der Waals surface area (Å²) in [7, 11) is 0. The molecule has 0 aliphatic carbocycles. The fourth-order valence-electron chi connectivity index (χ4n) is 2.89. The van der Waals surface area contributed by atoms with E-state index in [0.717, 1.165) is 0 Å². The predicted molar refractivity (Wildman–Crippen MR) is 101 cm³/mol. The van der Waals surface area contributed by atoms with Gasteiger partial charge in [-0.25, -0.2) is 4.79 Å². The molecule has 0 spiro atoms. The van der Waals surface area contributed by atoms with Crippen molar-refractivity contribution in [1.82, 2.24) is 15.8 Å². The van der Waals surface area contributed by atoms with E-state index in [1.807, 2.05) is 6.92 Å². The summed E-state index contributed by atoms with van der Waals surface area (Å²) in [6.45, 7) is 3.77. The number of nitrogens with zero attached hydrogens (tertiary/aromatic N) is 2. The number of amides is 4. The number of rotatable bonds is 6. The third kappa shape index (κ3) is 3.72. The number of nitrogens with one attached hydrogen (secondary N) is 2. The van der Waals surface area contributed by atoms with Gasteiger partial charge in [-0.1, -0.05) is 0 Å². The summed E-state index contributed by atoms with van der Waals surface area (Å²) in [6.07, 6.45) is 0. The number of urea groups is 1. The van der Waals surface area contributed by atoms with Crippen molar-refractivity contribution in [2.75, 3.05) is 6.61 Å². The fourth-order valence-corrected chi connectivity index (χ4v) is 2.89. The molecular weight excluding hydrogens is 380 g/mol. The summed E-state index contributed by atoms with van der Waals surface area (Å²) in [4.78, 5) is 47.8. The maximum absolute atomic E-state index is 12.8. The van der Waals surface area contributed by atoms with Crippen LogP contribution in [0.4, 0.5) is 10.5 Å². The number of imide groups is 1. The van der Waals surface area contributed by atoms with Crippen molar-refractivity contribution in [2.24, 2.45) is 0 Å². The monoisotopic (exact) mass is 398 g/mol. The van der Waals surface area contributed by atoms with E-state index < -0.39 is 28.3 Å². The minimum absolute atomic E-state index is 0.144. The maximum Gasteiger partial charge on any atom is 0.344 e. The van der Waals surface area contributed by atoms with Crippen LogP contribution in [0.5, 0.6) is 5.75 Å². The largest absolute Gasteiger partial charge is 0.494 e. The Balaban J connectivity index is 1.77. The molecule has 1 saturated heterocycles. The second kappa shape index (κ2) is 7.58. The van der Waals surface area contributed by atoms with Crippen molar-refractivity contribution in [2.45, 2.75) is 19.4 Å². The van der Waals surface area contributed by atoms with E-state index in [2.05, 4.69) is 10.7 Å². The molecule has 1 aliphatic heterocycles. The molecule has 0 saturated carbocycles. The number of carbonyl (C=O) groups excluding carboxylic acids is 3. The standard InChI is InChI=1S/C19H18N4O6/c1-3-29-15-10-4-12(5-11-15)16(24)21-22-17(25)19(2,20-18(22)26)13-6-8-14(9-7-13)23(27)28/h4-11H,3H2,1-2H3,(H,20,26)(H,21,24)/t19-/m1/s1. The molecule has 2 N–H and O–H groups in total. The van der Waals surface area contributed by atoms with Crippen LogP contribution in [0, 0.1) is 10.1 Å². The highest BCUT2D eigenvalue weighted by Crippen LogP contribution is 2.29. The van der Waals surface area contributed by atoms with Crippen LogP contribution in [0.25, 0.3) is 0 Å². The van der Waals surface area contributed by atoms with Crippen LogP contribution in [0.1, 0.15) is 29.8 Å². The number of ether oxygens (including phenoxy) is 1. The Kier molecular flexibility index (Phi) is 5.18. The summed E-state index contributed by atoms with van der Waals surface area (Å²) in [5.74, 6) is -0.773. The van der Waals surface area contributed by atoms with Crippen LogP contribution in [-0.2, 0) is 10.3 Å². The lowest BCUT2D eigenvalue weighted by molar-refractivity contribution is -0.384.